The van der Waals surface area contributed by atoms with Gasteiger partial charge in [0.05, 0.1) is 11.9 Å². The summed E-state index contributed by atoms with van der Waals surface area (Å²) in [5, 5.41) is 0. The minimum Gasteiger partial charge on any atom is -0.391 e. The van der Waals surface area contributed by atoms with E-state index in [9.17, 15) is 9.59 Å². The van der Waals surface area contributed by atoms with Gasteiger partial charge >= 0.3 is 6.09 Å². The summed E-state index contributed by atoms with van der Waals surface area (Å²) in [6, 6.07) is 12.9. The number of carbonyl (C=O) groups excluding carboxylic acids is 2. The third-order valence-corrected chi connectivity index (χ3v) is 4.89. The van der Waals surface area contributed by atoms with Crippen LogP contribution in [0.5, 0.6) is 5.88 Å². The van der Waals surface area contributed by atoms with Gasteiger partial charge in [-0.2, -0.15) is 0 Å². The summed E-state index contributed by atoms with van der Waals surface area (Å²) in [5.41, 5.74) is 1.48. The summed E-state index contributed by atoms with van der Waals surface area (Å²) in [7, 11) is 1.65. The molecule has 0 aliphatic heterocycles. The van der Waals surface area contributed by atoms with Crippen LogP contribution in [-0.2, 0) is 4.79 Å². The number of hydrogen-bond donors (Lipinski definition) is 0. The number of ether oxygens (including phenoxy) is 1. The van der Waals surface area contributed by atoms with Crippen molar-refractivity contribution in [3.05, 3.63) is 48.7 Å². The first-order chi connectivity index (χ1) is 13.1. The van der Waals surface area contributed by atoms with Crippen molar-refractivity contribution in [3.8, 4) is 5.88 Å². The molecule has 0 unspecified atom stereocenters. The first kappa shape index (κ1) is 18.9. The highest BCUT2D eigenvalue weighted by atomic mass is 16.6. The van der Waals surface area contributed by atoms with Gasteiger partial charge in [0.25, 0.3) is 0 Å². The topological polar surface area (TPSA) is 62.7 Å². The quantitative estimate of drug-likeness (QED) is 0.803. The number of benzene rings is 1. The van der Waals surface area contributed by atoms with Crippen molar-refractivity contribution in [1.82, 2.24) is 4.98 Å². The fourth-order valence-electron chi connectivity index (χ4n) is 3.48. The van der Waals surface area contributed by atoms with Crippen molar-refractivity contribution in [1.29, 1.82) is 0 Å². The van der Waals surface area contributed by atoms with E-state index < -0.39 is 6.09 Å². The molecule has 1 heterocycles. The standard InChI is InChI=1S/C21H25N3O3/c1-16(25)24(18-11-7-4-8-12-18)19-13-14-20(22-15-19)27-21(26)23(2)17-9-5-3-6-10-17/h3,5-6,9-10,13-15,18H,4,7-8,11-12H2,1-2H3. The maximum atomic E-state index is 12.3. The van der Waals surface area contributed by atoms with E-state index in [-0.39, 0.29) is 17.8 Å². The molecule has 27 heavy (non-hydrogen) atoms. The number of aromatic nitrogens is 1. The van der Waals surface area contributed by atoms with Crippen LogP contribution in [0.15, 0.2) is 48.7 Å². The SMILES string of the molecule is CC(=O)N(c1ccc(OC(=O)N(C)c2ccccc2)nc1)C1CCCCC1. The van der Waals surface area contributed by atoms with E-state index in [0.717, 1.165) is 37.1 Å². The molecule has 3 rings (SSSR count). The minimum atomic E-state index is -0.517. The molecule has 1 aliphatic carbocycles. The predicted octanol–water partition coefficient (Wildman–Crippen LogP) is 4.40. The lowest BCUT2D eigenvalue weighted by atomic mass is 9.94. The molecule has 1 aromatic heterocycles. The summed E-state index contributed by atoms with van der Waals surface area (Å²) < 4.78 is 5.34. The summed E-state index contributed by atoms with van der Waals surface area (Å²) in [4.78, 5) is 31.9. The molecule has 2 amide bonds. The van der Waals surface area contributed by atoms with E-state index >= 15 is 0 Å². The highest BCUT2D eigenvalue weighted by Gasteiger charge is 2.25. The van der Waals surface area contributed by atoms with Crippen LogP contribution in [0.1, 0.15) is 39.0 Å². The number of hydrogen-bond acceptors (Lipinski definition) is 4. The Hall–Kier alpha value is -2.89. The average molecular weight is 367 g/mol. The molecule has 1 fully saturated rings. The Morgan fingerprint density at radius 3 is 2.30 bits per heavy atom. The largest absolute Gasteiger partial charge is 0.420 e. The lowest BCUT2D eigenvalue weighted by Gasteiger charge is -2.33. The number of pyridine rings is 1. The molecule has 1 saturated carbocycles. The third-order valence-electron chi connectivity index (χ3n) is 4.89. The Kier molecular flexibility index (Phi) is 6.06. The maximum Gasteiger partial charge on any atom is 0.420 e. The number of para-hydroxylation sites is 1. The van der Waals surface area contributed by atoms with Crippen LogP contribution in [0.3, 0.4) is 0 Å². The molecular weight excluding hydrogens is 342 g/mol. The smallest absolute Gasteiger partial charge is 0.391 e. The average Bonchev–Trinajstić information content (AvgIpc) is 2.70. The molecule has 1 aromatic carbocycles. The second kappa shape index (κ2) is 8.66. The van der Waals surface area contributed by atoms with Crippen molar-refractivity contribution in [2.24, 2.45) is 0 Å². The summed E-state index contributed by atoms with van der Waals surface area (Å²) >= 11 is 0. The zero-order valence-corrected chi connectivity index (χ0v) is 15.8. The Labute approximate surface area is 159 Å². The Balaban J connectivity index is 1.68. The molecule has 6 heteroatoms. The summed E-state index contributed by atoms with van der Waals surface area (Å²) in [6.07, 6.45) is 6.62. The number of rotatable bonds is 4. The highest BCUT2D eigenvalue weighted by molar-refractivity contribution is 5.92. The van der Waals surface area contributed by atoms with Crippen LogP contribution in [-0.4, -0.2) is 30.1 Å². The lowest BCUT2D eigenvalue weighted by molar-refractivity contribution is -0.117. The van der Waals surface area contributed by atoms with E-state index in [0.29, 0.717) is 0 Å². The molecule has 0 bridgehead atoms. The van der Waals surface area contributed by atoms with Crippen molar-refractivity contribution in [2.45, 2.75) is 45.1 Å². The van der Waals surface area contributed by atoms with E-state index in [2.05, 4.69) is 4.98 Å². The third kappa shape index (κ3) is 4.64. The fraction of sp³-hybridized carbons (Fsp3) is 0.381. The van der Waals surface area contributed by atoms with Gasteiger partial charge in [0, 0.05) is 31.8 Å². The zero-order chi connectivity index (χ0) is 19.2. The van der Waals surface area contributed by atoms with Crippen LogP contribution in [0.25, 0.3) is 0 Å². The minimum absolute atomic E-state index is 0.0113. The zero-order valence-electron chi connectivity index (χ0n) is 15.8. The second-order valence-electron chi connectivity index (χ2n) is 6.80. The summed E-state index contributed by atoms with van der Waals surface area (Å²) in [6.45, 7) is 1.58. The molecule has 0 radical (unpaired) electrons. The Morgan fingerprint density at radius 2 is 1.70 bits per heavy atom. The van der Waals surface area contributed by atoms with Crippen molar-refractivity contribution < 1.29 is 14.3 Å². The maximum absolute atomic E-state index is 12.3. The first-order valence-electron chi connectivity index (χ1n) is 9.32. The Bertz CT molecular complexity index is 771. The normalized spacial score (nSPS) is 14.4. The van der Waals surface area contributed by atoms with Gasteiger partial charge in [0.15, 0.2) is 0 Å². The number of carbonyl (C=O) groups is 2. The molecule has 1 aliphatic rings. The predicted molar refractivity (Wildman–Crippen MR) is 105 cm³/mol. The Morgan fingerprint density at radius 1 is 1.00 bits per heavy atom. The van der Waals surface area contributed by atoms with Crippen LogP contribution in [0, 0.1) is 0 Å². The van der Waals surface area contributed by atoms with Crippen LogP contribution in [0.4, 0.5) is 16.2 Å². The molecule has 0 spiro atoms. The highest BCUT2D eigenvalue weighted by Crippen LogP contribution is 2.28. The van der Waals surface area contributed by atoms with Crippen molar-refractivity contribution in [2.75, 3.05) is 16.8 Å². The van der Waals surface area contributed by atoms with E-state index in [4.69, 9.17) is 4.74 Å². The monoisotopic (exact) mass is 367 g/mol. The lowest BCUT2D eigenvalue weighted by Crippen LogP contribution is -2.40. The summed E-state index contributed by atoms with van der Waals surface area (Å²) in [5.74, 6) is 0.218. The molecular formula is C21H25N3O3. The van der Waals surface area contributed by atoms with Gasteiger partial charge in [-0.1, -0.05) is 37.5 Å². The van der Waals surface area contributed by atoms with Crippen LogP contribution < -0.4 is 14.5 Å². The van der Waals surface area contributed by atoms with Gasteiger partial charge in [-0.25, -0.2) is 9.78 Å². The number of amides is 2. The molecule has 0 saturated heterocycles. The second-order valence-corrected chi connectivity index (χ2v) is 6.80. The molecule has 142 valence electrons. The van der Waals surface area contributed by atoms with Gasteiger partial charge in [-0.3, -0.25) is 9.69 Å². The molecule has 0 atom stereocenters. The molecule has 6 nitrogen and oxygen atoms in total. The molecule has 0 N–H and O–H groups in total. The van der Waals surface area contributed by atoms with Gasteiger partial charge in [-0.15, -0.1) is 0 Å². The van der Waals surface area contributed by atoms with Crippen molar-refractivity contribution >= 4 is 23.4 Å². The number of anilines is 2. The van der Waals surface area contributed by atoms with Gasteiger partial charge in [-0.05, 0) is 31.0 Å². The van der Waals surface area contributed by atoms with E-state index in [1.807, 2.05) is 35.2 Å². The van der Waals surface area contributed by atoms with Gasteiger partial charge < -0.3 is 9.64 Å². The first-order valence-corrected chi connectivity index (χ1v) is 9.32. The van der Waals surface area contributed by atoms with E-state index in [1.54, 1.807) is 32.3 Å². The molecule has 2 aromatic rings. The van der Waals surface area contributed by atoms with Crippen LogP contribution >= 0.6 is 0 Å². The van der Waals surface area contributed by atoms with Gasteiger partial charge in [0.2, 0.25) is 11.8 Å². The van der Waals surface area contributed by atoms with E-state index in [1.165, 1.54) is 11.3 Å². The van der Waals surface area contributed by atoms with Crippen molar-refractivity contribution in [3.63, 3.8) is 0 Å². The van der Waals surface area contributed by atoms with Gasteiger partial charge in [0.1, 0.15) is 0 Å². The van der Waals surface area contributed by atoms with Crippen LogP contribution in [0.2, 0.25) is 0 Å². The fourth-order valence-corrected chi connectivity index (χ4v) is 3.48. The number of nitrogens with zero attached hydrogens (tertiary/aromatic N) is 3.